The molecule has 3 heterocycles. The Morgan fingerprint density at radius 2 is 1.97 bits per heavy atom. The molecule has 5 rings (SSSR count). The SMILES string of the molecule is CC(C)(C)[C@H]1CCc2c(sc3nc(C[NH+]4CCN(C(=O)C5CC5)CC4)[nH]c(=O)c23)C1. The molecule has 0 bridgehead atoms. The van der Waals surface area contributed by atoms with E-state index < -0.39 is 0 Å². The van der Waals surface area contributed by atoms with Crippen LogP contribution in [0.1, 0.15) is 56.3 Å². The van der Waals surface area contributed by atoms with E-state index in [2.05, 4.69) is 25.8 Å². The molecule has 1 saturated heterocycles. The topological polar surface area (TPSA) is 70.5 Å². The first kappa shape index (κ1) is 20.2. The molecule has 2 aromatic rings. The fourth-order valence-corrected chi connectivity index (χ4v) is 6.42. The van der Waals surface area contributed by atoms with Crippen molar-refractivity contribution in [3.63, 3.8) is 0 Å². The van der Waals surface area contributed by atoms with E-state index in [1.165, 1.54) is 15.3 Å². The summed E-state index contributed by atoms with van der Waals surface area (Å²) < 4.78 is 0. The Kier molecular flexibility index (Phi) is 5.01. The summed E-state index contributed by atoms with van der Waals surface area (Å²) in [6.07, 6.45) is 5.34. The van der Waals surface area contributed by atoms with Crippen molar-refractivity contribution in [2.24, 2.45) is 17.3 Å². The van der Waals surface area contributed by atoms with E-state index in [1.54, 1.807) is 11.3 Å². The van der Waals surface area contributed by atoms with Crippen LogP contribution >= 0.6 is 11.3 Å². The van der Waals surface area contributed by atoms with Crippen molar-refractivity contribution >= 4 is 27.5 Å². The fraction of sp³-hybridized carbons (Fsp3) is 0.696. The van der Waals surface area contributed by atoms with E-state index in [4.69, 9.17) is 4.98 Å². The number of amides is 1. The van der Waals surface area contributed by atoms with Gasteiger partial charge in [-0.15, -0.1) is 11.3 Å². The second-order valence-electron chi connectivity index (χ2n) is 10.5. The van der Waals surface area contributed by atoms with Crippen LogP contribution in [0, 0.1) is 17.3 Å². The van der Waals surface area contributed by atoms with Gasteiger partial charge in [0, 0.05) is 10.8 Å². The highest BCUT2D eigenvalue weighted by molar-refractivity contribution is 7.18. The highest BCUT2D eigenvalue weighted by Crippen LogP contribution is 2.41. The third-order valence-corrected chi connectivity index (χ3v) is 8.47. The molecule has 0 aromatic carbocycles. The monoisotopic (exact) mass is 429 g/mol. The minimum Gasteiger partial charge on any atom is -0.331 e. The lowest BCUT2D eigenvalue weighted by atomic mass is 9.72. The summed E-state index contributed by atoms with van der Waals surface area (Å²) in [5.74, 6) is 2.10. The quantitative estimate of drug-likeness (QED) is 0.781. The maximum absolute atomic E-state index is 12.9. The number of nitrogens with one attached hydrogen (secondary N) is 2. The molecule has 162 valence electrons. The maximum atomic E-state index is 12.9. The second kappa shape index (κ2) is 7.45. The van der Waals surface area contributed by atoms with E-state index in [0.29, 0.717) is 23.2 Å². The van der Waals surface area contributed by atoms with Crippen LogP contribution in [0.25, 0.3) is 10.2 Å². The minimum absolute atomic E-state index is 0.0312. The Labute approximate surface area is 181 Å². The molecule has 0 radical (unpaired) electrons. The van der Waals surface area contributed by atoms with Crippen molar-refractivity contribution in [2.75, 3.05) is 26.2 Å². The number of rotatable bonds is 3. The molecule has 30 heavy (non-hydrogen) atoms. The molecule has 2 N–H and O–H groups in total. The first-order valence-electron chi connectivity index (χ1n) is 11.5. The molecule has 2 aromatic heterocycles. The van der Waals surface area contributed by atoms with Gasteiger partial charge >= 0.3 is 0 Å². The van der Waals surface area contributed by atoms with Crippen LogP contribution in [0.15, 0.2) is 4.79 Å². The van der Waals surface area contributed by atoms with Gasteiger partial charge in [-0.25, -0.2) is 4.98 Å². The van der Waals surface area contributed by atoms with E-state index in [1.807, 2.05) is 4.90 Å². The average Bonchev–Trinajstić information content (AvgIpc) is 3.47. The molecule has 1 saturated carbocycles. The van der Waals surface area contributed by atoms with Gasteiger partial charge in [0.2, 0.25) is 5.91 Å². The van der Waals surface area contributed by atoms with Crippen LogP contribution in [0.2, 0.25) is 0 Å². The zero-order valence-electron chi connectivity index (χ0n) is 18.3. The van der Waals surface area contributed by atoms with Gasteiger partial charge < -0.3 is 14.8 Å². The molecule has 7 heteroatoms. The van der Waals surface area contributed by atoms with Crippen molar-refractivity contribution in [2.45, 2.75) is 59.4 Å². The van der Waals surface area contributed by atoms with Gasteiger partial charge in [-0.3, -0.25) is 9.59 Å². The molecule has 2 fully saturated rings. The number of thiophene rings is 1. The molecule has 1 amide bonds. The van der Waals surface area contributed by atoms with Gasteiger partial charge in [0.05, 0.1) is 31.6 Å². The van der Waals surface area contributed by atoms with Crippen molar-refractivity contribution < 1.29 is 9.69 Å². The molecule has 1 atom stereocenters. The zero-order valence-corrected chi connectivity index (χ0v) is 19.2. The number of hydrogen-bond acceptors (Lipinski definition) is 4. The molecule has 0 spiro atoms. The Morgan fingerprint density at radius 1 is 1.23 bits per heavy atom. The molecule has 1 aliphatic heterocycles. The highest BCUT2D eigenvalue weighted by Gasteiger charge is 2.36. The van der Waals surface area contributed by atoms with E-state index in [9.17, 15) is 9.59 Å². The number of hydrogen-bond donors (Lipinski definition) is 2. The van der Waals surface area contributed by atoms with E-state index in [-0.39, 0.29) is 5.56 Å². The number of piperazine rings is 1. The molecule has 0 unspecified atom stereocenters. The third kappa shape index (κ3) is 3.82. The van der Waals surface area contributed by atoms with Crippen molar-refractivity contribution in [3.8, 4) is 0 Å². The fourth-order valence-electron chi connectivity index (χ4n) is 5.10. The molecular weight excluding hydrogens is 396 g/mol. The Balaban J connectivity index is 1.31. The second-order valence-corrected chi connectivity index (χ2v) is 11.6. The Morgan fingerprint density at radius 3 is 2.63 bits per heavy atom. The number of aryl methyl sites for hydroxylation is 1. The van der Waals surface area contributed by atoms with Gasteiger partial charge in [0.25, 0.3) is 5.56 Å². The number of aromatic nitrogens is 2. The van der Waals surface area contributed by atoms with Crippen molar-refractivity contribution in [1.82, 2.24) is 14.9 Å². The van der Waals surface area contributed by atoms with Crippen LogP contribution in [-0.2, 0) is 24.2 Å². The first-order chi connectivity index (χ1) is 14.3. The zero-order chi connectivity index (χ0) is 21.0. The number of carbonyl (C=O) groups excluding carboxylic acids is 1. The summed E-state index contributed by atoms with van der Waals surface area (Å²) >= 11 is 1.73. The van der Waals surface area contributed by atoms with E-state index in [0.717, 1.165) is 80.9 Å². The summed E-state index contributed by atoms with van der Waals surface area (Å²) in [4.78, 5) is 38.8. The van der Waals surface area contributed by atoms with Crippen LogP contribution < -0.4 is 10.5 Å². The molecule has 3 aliphatic rings. The molecule has 6 nitrogen and oxygen atoms in total. The number of aromatic amines is 1. The summed E-state index contributed by atoms with van der Waals surface area (Å²) in [6, 6.07) is 0. The molecule has 2 aliphatic carbocycles. The van der Waals surface area contributed by atoms with Gasteiger partial charge in [0.1, 0.15) is 11.4 Å². The molecular formula is C23H33N4O2S+. The number of carbonyl (C=O) groups is 1. The Bertz CT molecular complexity index is 1020. The lowest BCUT2D eigenvalue weighted by Crippen LogP contribution is -3.13. The largest absolute Gasteiger partial charge is 0.331 e. The van der Waals surface area contributed by atoms with Crippen LogP contribution in [0.5, 0.6) is 0 Å². The number of nitrogens with zero attached hydrogens (tertiary/aromatic N) is 2. The summed E-state index contributed by atoms with van der Waals surface area (Å²) in [6.45, 7) is 11.2. The Hall–Kier alpha value is -1.73. The van der Waals surface area contributed by atoms with Crippen LogP contribution in [0.4, 0.5) is 0 Å². The number of quaternary nitrogens is 1. The predicted octanol–water partition coefficient (Wildman–Crippen LogP) is 1.77. The number of H-pyrrole nitrogens is 1. The van der Waals surface area contributed by atoms with Crippen LogP contribution in [-0.4, -0.2) is 47.0 Å². The van der Waals surface area contributed by atoms with Gasteiger partial charge in [-0.1, -0.05) is 20.8 Å². The lowest BCUT2D eigenvalue weighted by molar-refractivity contribution is -0.918. The average molecular weight is 430 g/mol. The first-order valence-corrected chi connectivity index (χ1v) is 12.3. The summed E-state index contributed by atoms with van der Waals surface area (Å²) in [7, 11) is 0. The smallest absolute Gasteiger partial charge is 0.260 e. The van der Waals surface area contributed by atoms with Gasteiger partial charge in [-0.2, -0.15) is 0 Å². The maximum Gasteiger partial charge on any atom is 0.260 e. The van der Waals surface area contributed by atoms with Crippen molar-refractivity contribution in [1.29, 1.82) is 0 Å². The van der Waals surface area contributed by atoms with E-state index >= 15 is 0 Å². The number of fused-ring (bicyclic) bond motifs is 3. The minimum atomic E-state index is 0.0312. The third-order valence-electron chi connectivity index (χ3n) is 7.32. The lowest BCUT2D eigenvalue weighted by Gasteiger charge is -2.33. The van der Waals surface area contributed by atoms with Crippen LogP contribution in [0.3, 0.4) is 0 Å². The summed E-state index contributed by atoms with van der Waals surface area (Å²) in [5.41, 5.74) is 1.57. The van der Waals surface area contributed by atoms with Gasteiger partial charge in [0.15, 0.2) is 5.82 Å². The summed E-state index contributed by atoms with van der Waals surface area (Å²) in [5, 5.41) is 0.834. The highest BCUT2D eigenvalue weighted by atomic mass is 32.1. The normalized spacial score (nSPS) is 23.0. The predicted molar refractivity (Wildman–Crippen MR) is 119 cm³/mol. The standard InChI is InChI=1S/C23H32N4O2S/c1-23(2,3)15-6-7-16-17(12-15)30-21-19(16)20(28)24-18(25-21)13-26-8-10-27(11-9-26)22(29)14-4-5-14/h14-15H,4-13H2,1-3H3,(H,24,25,28)/p+1/t15-/m0/s1. The van der Waals surface area contributed by atoms with Gasteiger partial charge in [-0.05, 0) is 49.0 Å². The van der Waals surface area contributed by atoms with Crippen molar-refractivity contribution in [3.05, 3.63) is 26.6 Å².